The number of non-ortho nitro benzene ring substituents is 1. The zero-order valence-corrected chi connectivity index (χ0v) is 13.0. The first kappa shape index (κ1) is 16.9. The van der Waals surface area contributed by atoms with Crippen molar-refractivity contribution >= 4 is 17.3 Å². The maximum Gasteiger partial charge on any atom is 0.271 e. The van der Waals surface area contributed by atoms with Crippen molar-refractivity contribution in [2.24, 2.45) is 5.10 Å². The van der Waals surface area contributed by atoms with E-state index < -0.39 is 10.8 Å². The number of carbonyl (C=O) groups excluding carboxylic acids is 1. The quantitative estimate of drug-likeness (QED) is 0.497. The van der Waals surface area contributed by atoms with Crippen LogP contribution in [-0.2, 0) is 0 Å². The lowest BCUT2D eigenvalue weighted by Gasteiger charge is -2.07. The minimum Gasteiger partial charge on any atom is -0.504 e. The van der Waals surface area contributed by atoms with Crippen molar-refractivity contribution < 1.29 is 19.6 Å². The van der Waals surface area contributed by atoms with Crippen LogP contribution in [0.2, 0.25) is 0 Å². The van der Waals surface area contributed by atoms with Crippen molar-refractivity contribution in [1.82, 2.24) is 5.43 Å². The lowest BCUT2D eigenvalue weighted by atomic mass is 10.1. The molecule has 0 aliphatic rings. The van der Waals surface area contributed by atoms with E-state index in [0.717, 1.165) is 0 Å². The van der Waals surface area contributed by atoms with Crippen LogP contribution in [0, 0.1) is 10.1 Å². The molecule has 0 bridgehead atoms. The van der Waals surface area contributed by atoms with Gasteiger partial charge in [-0.25, -0.2) is 5.43 Å². The molecule has 0 heterocycles. The van der Waals surface area contributed by atoms with E-state index in [1.54, 1.807) is 19.1 Å². The third kappa shape index (κ3) is 3.86. The van der Waals surface area contributed by atoms with Gasteiger partial charge >= 0.3 is 0 Å². The predicted molar refractivity (Wildman–Crippen MR) is 87.4 cm³/mol. The van der Waals surface area contributed by atoms with Crippen molar-refractivity contribution in [2.45, 2.75) is 6.92 Å². The van der Waals surface area contributed by atoms with Crippen LogP contribution in [0.3, 0.4) is 0 Å². The van der Waals surface area contributed by atoms with Crippen LogP contribution < -0.4 is 10.2 Å². The first-order valence-electron chi connectivity index (χ1n) is 6.89. The zero-order chi connectivity index (χ0) is 17.7. The van der Waals surface area contributed by atoms with Crippen molar-refractivity contribution in [3.8, 4) is 11.5 Å². The van der Waals surface area contributed by atoms with Crippen LogP contribution in [0.15, 0.2) is 47.6 Å². The Morgan fingerprint density at radius 1 is 1.21 bits per heavy atom. The van der Waals surface area contributed by atoms with E-state index in [1.807, 2.05) is 0 Å². The lowest BCUT2D eigenvalue weighted by molar-refractivity contribution is -0.384. The maximum absolute atomic E-state index is 12.0. The number of hydrogen-bond donors (Lipinski definition) is 2. The lowest BCUT2D eigenvalue weighted by Crippen LogP contribution is -2.19. The molecule has 0 spiro atoms. The molecule has 0 fully saturated rings. The number of hydrogen-bond acceptors (Lipinski definition) is 6. The van der Waals surface area contributed by atoms with Crippen LogP contribution in [-0.4, -0.2) is 28.8 Å². The van der Waals surface area contributed by atoms with Crippen molar-refractivity contribution in [2.75, 3.05) is 7.11 Å². The molecule has 1 amide bonds. The summed E-state index contributed by atoms with van der Waals surface area (Å²) in [6, 6.07) is 9.88. The third-order valence-corrected chi connectivity index (χ3v) is 3.26. The van der Waals surface area contributed by atoms with E-state index in [-0.39, 0.29) is 17.0 Å². The van der Waals surface area contributed by atoms with Gasteiger partial charge in [0.05, 0.1) is 17.7 Å². The van der Waals surface area contributed by atoms with Crippen molar-refractivity contribution in [3.63, 3.8) is 0 Å². The number of phenolic OH excluding ortho intramolecular Hbond substituents is 1. The molecule has 24 heavy (non-hydrogen) atoms. The topological polar surface area (TPSA) is 114 Å². The number of aromatic hydroxyl groups is 1. The third-order valence-electron chi connectivity index (χ3n) is 3.26. The van der Waals surface area contributed by atoms with Gasteiger partial charge in [0.1, 0.15) is 0 Å². The molecule has 8 nitrogen and oxygen atoms in total. The molecule has 8 heteroatoms. The molecule has 0 aromatic heterocycles. The number of hydrazone groups is 1. The number of ether oxygens (including phenoxy) is 1. The second-order valence-corrected chi connectivity index (χ2v) is 4.83. The Hall–Kier alpha value is -3.42. The fraction of sp³-hybridized carbons (Fsp3) is 0.125. The van der Waals surface area contributed by atoms with Crippen molar-refractivity contribution in [3.05, 3.63) is 63.7 Å². The van der Waals surface area contributed by atoms with Gasteiger partial charge in [0.2, 0.25) is 0 Å². The Morgan fingerprint density at radius 2 is 1.83 bits per heavy atom. The van der Waals surface area contributed by atoms with Gasteiger partial charge in [-0.3, -0.25) is 14.9 Å². The first-order chi connectivity index (χ1) is 11.4. The Bertz CT molecular complexity index is 800. The molecule has 2 aromatic rings. The number of nitro benzene ring substituents is 1. The fourth-order valence-corrected chi connectivity index (χ4v) is 1.90. The molecule has 0 saturated heterocycles. The standard InChI is InChI=1S/C16H15N3O5/c1-10(12-5-8-14(20)15(9-12)24-2)17-18-16(21)11-3-6-13(7-4-11)19(22)23/h3-9,20H,1-2H3,(H,18,21)/b17-10+. The summed E-state index contributed by atoms with van der Waals surface area (Å²) in [5.74, 6) is -0.192. The largest absolute Gasteiger partial charge is 0.504 e. The summed E-state index contributed by atoms with van der Waals surface area (Å²) >= 11 is 0. The Balaban J connectivity index is 2.11. The highest BCUT2D eigenvalue weighted by molar-refractivity contribution is 6.01. The molecule has 0 aliphatic heterocycles. The summed E-state index contributed by atoms with van der Waals surface area (Å²) in [5.41, 5.74) is 3.69. The van der Waals surface area contributed by atoms with Gasteiger partial charge in [0.15, 0.2) is 11.5 Å². The average molecular weight is 329 g/mol. The smallest absolute Gasteiger partial charge is 0.271 e. The highest BCUT2D eigenvalue weighted by Crippen LogP contribution is 2.26. The Morgan fingerprint density at radius 3 is 2.42 bits per heavy atom. The van der Waals surface area contributed by atoms with Gasteiger partial charge in [0.25, 0.3) is 11.6 Å². The van der Waals surface area contributed by atoms with E-state index in [9.17, 15) is 20.0 Å². The number of nitro groups is 1. The summed E-state index contributed by atoms with van der Waals surface area (Å²) in [5, 5.41) is 24.1. The minimum absolute atomic E-state index is 0.00367. The van der Waals surface area contributed by atoms with E-state index >= 15 is 0 Å². The number of carbonyl (C=O) groups is 1. The molecule has 2 rings (SSSR count). The molecule has 0 unspecified atom stereocenters. The second-order valence-electron chi connectivity index (χ2n) is 4.83. The Labute approximate surface area is 137 Å². The van der Waals surface area contributed by atoms with Gasteiger partial charge in [-0.1, -0.05) is 0 Å². The highest BCUT2D eigenvalue weighted by atomic mass is 16.6. The number of nitrogens with one attached hydrogen (secondary N) is 1. The first-order valence-corrected chi connectivity index (χ1v) is 6.89. The maximum atomic E-state index is 12.0. The zero-order valence-electron chi connectivity index (χ0n) is 13.0. The summed E-state index contributed by atoms with van der Waals surface area (Å²) in [7, 11) is 1.43. The minimum atomic E-state index is -0.539. The molecule has 0 saturated carbocycles. The van der Waals surface area contributed by atoms with E-state index in [2.05, 4.69) is 10.5 Å². The Kier molecular flexibility index (Phi) is 5.10. The van der Waals surface area contributed by atoms with Gasteiger partial charge in [-0.05, 0) is 37.3 Å². The number of nitrogens with zero attached hydrogens (tertiary/aromatic N) is 2. The van der Waals surface area contributed by atoms with E-state index in [0.29, 0.717) is 17.0 Å². The van der Waals surface area contributed by atoms with Crippen LogP contribution >= 0.6 is 0 Å². The number of benzene rings is 2. The molecule has 0 radical (unpaired) electrons. The van der Waals surface area contributed by atoms with Crippen LogP contribution in [0.4, 0.5) is 5.69 Å². The van der Waals surface area contributed by atoms with E-state index in [1.165, 1.54) is 37.4 Å². The molecule has 2 aromatic carbocycles. The van der Waals surface area contributed by atoms with Gasteiger partial charge in [0, 0.05) is 23.3 Å². The van der Waals surface area contributed by atoms with Gasteiger partial charge in [-0.2, -0.15) is 5.10 Å². The molecular weight excluding hydrogens is 314 g/mol. The molecule has 0 aliphatic carbocycles. The molecule has 124 valence electrons. The normalized spacial score (nSPS) is 11.0. The van der Waals surface area contributed by atoms with E-state index in [4.69, 9.17) is 4.74 Å². The van der Waals surface area contributed by atoms with Crippen LogP contribution in [0.5, 0.6) is 11.5 Å². The van der Waals surface area contributed by atoms with Gasteiger partial charge < -0.3 is 9.84 Å². The summed E-state index contributed by atoms with van der Waals surface area (Å²) < 4.78 is 5.01. The van der Waals surface area contributed by atoms with Crippen LogP contribution in [0.25, 0.3) is 0 Å². The monoisotopic (exact) mass is 329 g/mol. The SMILES string of the molecule is COc1cc(/C(C)=N/NC(=O)c2ccc([N+](=O)[O-])cc2)ccc1O. The summed E-state index contributed by atoms with van der Waals surface area (Å²) in [6.07, 6.45) is 0. The molecular formula is C16H15N3O5. The molecule has 0 atom stereocenters. The number of phenols is 1. The number of amides is 1. The second kappa shape index (κ2) is 7.23. The highest BCUT2D eigenvalue weighted by Gasteiger charge is 2.10. The van der Waals surface area contributed by atoms with Crippen molar-refractivity contribution in [1.29, 1.82) is 0 Å². The van der Waals surface area contributed by atoms with Crippen LogP contribution in [0.1, 0.15) is 22.8 Å². The number of methoxy groups -OCH3 is 1. The fourth-order valence-electron chi connectivity index (χ4n) is 1.90. The molecule has 2 N–H and O–H groups in total. The number of rotatable bonds is 5. The van der Waals surface area contributed by atoms with Gasteiger partial charge in [-0.15, -0.1) is 0 Å². The summed E-state index contributed by atoms with van der Waals surface area (Å²) in [6.45, 7) is 1.68. The average Bonchev–Trinajstić information content (AvgIpc) is 2.59. The summed E-state index contributed by atoms with van der Waals surface area (Å²) in [4.78, 5) is 22.0. The predicted octanol–water partition coefficient (Wildman–Crippen LogP) is 2.46.